The van der Waals surface area contributed by atoms with Gasteiger partial charge in [-0.25, -0.2) is 9.69 Å². The Morgan fingerprint density at radius 3 is 2.36 bits per heavy atom. The lowest BCUT2D eigenvalue weighted by Gasteiger charge is -2.29. The van der Waals surface area contributed by atoms with E-state index in [2.05, 4.69) is 0 Å². The van der Waals surface area contributed by atoms with Crippen LogP contribution < -0.4 is 15.5 Å². The highest BCUT2D eigenvalue weighted by Gasteiger charge is 2.69. The molecular formula is C18H13ClF3N3O3. The Morgan fingerprint density at radius 1 is 1.14 bits per heavy atom. The number of anilines is 1. The maximum absolute atomic E-state index is 13.9. The summed E-state index contributed by atoms with van der Waals surface area (Å²) < 4.78 is 41.6. The van der Waals surface area contributed by atoms with Gasteiger partial charge < -0.3 is 5.32 Å². The van der Waals surface area contributed by atoms with Gasteiger partial charge in [0, 0.05) is 10.6 Å². The number of benzene rings is 2. The molecule has 146 valence electrons. The van der Waals surface area contributed by atoms with E-state index in [1.807, 2.05) is 0 Å². The molecule has 0 spiro atoms. The first kappa shape index (κ1) is 19.7. The average Bonchev–Trinajstić information content (AvgIpc) is 2.87. The second-order valence-corrected chi connectivity index (χ2v) is 6.55. The predicted molar refractivity (Wildman–Crippen MR) is 94.9 cm³/mol. The Hall–Kier alpha value is -3.07. The van der Waals surface area contributed by atoms with E-state index in [-0.39, 0.29) is 16.3 Å². The molecule has 0 saturated carbocycles. The highest BCUT2D eigenvalue weighted by atomic mass is 35.5. The number of nitrogens with zero attached hydrogens (tertiary/aromatic N) is 1. The average molecular weight is 412 g/mol. The summed E-state index contributed by atoms with van der Waals surface area (Å²) in [5.41, 5.74) is -3.17. The summed E-state index contributed by atoms with van der Waals surface area (Å²) in [5, 5.41) is 3.51. The summed E-state index contributed by atoms with van der Waals surface area (Å²) >= 11 is 5.73. The largest absolute Gasteiger partial charge is 0.440 e. The molecule has 0 unspecified atom stereocenters. The fourth-order valence-electron chi connectivity index (χ4n) is 2.73. The molecule has 2 aromatic rings. The van der Waals surface area contributed by atoms with Crippen molar-refractivity contribution in [2.75, 3.05) is 4.90 Å². The van der Waals surface area contributed by atoms with Crippen LogP contribution in [0.5, 0.6) is 0 Å². The van der Waals surface area contributed by atoms with Gasteiger partial charge in [0.05, 0.1) is 5.69 Å². The predicted octanol–water partition coefficient (Wildman–Crippen LogP) is 3.39. The zero-order chi connectivity index (χ0) is 20.7. The number of imide groups is 1. The molecule has 0 aromatic heterocycles. The van der Waals surface area contributed by atoms with Crippen LogP contribution in [-0.4, -0.2) is 29.7 Å². The topological polar surface area (TPSA) is 78.5 Å². The summed E-state index contributed by atoms with van der Waals surface area (Å²) in [6.45, 7) is 1.65. The van der Waals surface area contributed by atoms with Crippen LogP contribution in [0.25, 0.3) is 0 Å². The van der Waals surface area contributed by atoms with Crippen LogP contribution in [0.4, 0.5) is 23.7 Å². The number of hydrogen-bond donors (Lipinski definition) is 2. The number of rotatable bonds is 3. The molecule has 2 N–H and O–H groups in total. The number of urea groups is 1. The maximum atomic E-state index is 13.9. The lowest BCUT2D eigenvalue weighted by Crippen LogP contribution is -2.69. The van der Waals surface area contributed by atoms with Crippen LogP contribution in [0.1, 0.15) is 15.9 Å². The molecular weight excluding hydrogens is 399 g/mol. The van der Waals surface area contributed by atoms with Gasteiger partial charge in [-0.2, -0.15) is 13.2 Å². The van der Waals surface area contributed by atoms with E-state index in [0.29, 0.717) is 10.5 Å². The van der Waals surface area contributed by atoms with Crippen LogP contribution >= 0.6 is 11.6 Å². The van der Waals surface area contributed by atoms with Crippen molar-refractivity contribution in [3.05, 3.63) is 64.7 Å². The first-order valence-electron chi connectivity index (χ1n) is 7.93. The molecule has 0 bridgehead atoms. The van der Waals surface area contributed by atoms with Crippen molar-refractivity contribution in [2.24, 2.45) is 0 Å². The lowest BCUT2D eigenvalue weighted by molar-refractivity contribution is -0.197. The van der Waals surface area contributed by atoms with Crippen LogP contribution in [0, 0.1) is 6.92 Å². The second kappa shape index (κ2) is 6.83. The van der Waals surface area contributed by atoms with Crippen LogP contribution in [0.3, 0.4) is 0 Å². The first-order chi connectivity index (χ1) is 13.0. The number of hydrogen-bond acceptors (Lipinski definition) is 3. The summed E-state index contributed by atoms with van der Waals surface area (Å²) in [7, 11) is 0. The normalized spacial score (nSPS) is 19.5. The standard InChI is InChI=1S/C18H13ClF3N3O3/c1-10-3-2-4-11(9-10)14(26)23-17(18(20,21)22)15(27)25(16(28)24-17)13-7-5-12(19)6-8-13/h2-9H,1H3,(H,23,26)(H,24,28)/t17-/m0/s1. The third-order valence-corrected chi connectivity index (χ3v) is 4.36. The van der Waals surface area contributed by atoms with E-state index in [1.54, 1.807) is 23.6 Å². The number of amides is 4. The van der Waals surface area contributed by atoms with Gasteiger partial charge in [0.25, 0.3) is 17.5 Å². The van der Waals surface area contributed by atoms with Gasteiger partial charge in [0.2, 0.25) is 0 Å². The minimum Gasteiger partial charge on any atom is -0.314 e. The van der Waals surface area contributed by atoms with Crippen LogP contribution in [0.2, 0.25) is 5.02 Å². The molecule has 10 heteroatoms. The number of nitrogens with one attached hydrogen (secondary N) is 2. The van der Waals surface area contributed by atoms with Gasteiger partial charge in [-0.15, -0.1) is 0 Å². The molecule has 1 fully saturated rings. The highest BCUT2D eigenvalue weighted by Crippen LogP contribution is 2.36. The molecule has 2 aromatic carbocycles. The number of carbonyl (C=O) groups excluding carboxylic acids is 3. The Bertz CT molecular complexity index is 963. The number of aryl methyl sites for hydroxylation is 1. The Kier molecular flexibility index (Phi) is 4.80. The fourth-order valence-corrected chi connectivity index (χ4v) is 2.86. The molecule has 1 aliphatic rings. The maximum Gasteiger partial charge on any atom is 0.440 e. The van der Waals surface area contributed by atoms with Crippen molar-refractivity contribution in [1.29, 1.82) is 0 Å². The third kappa shape index (κ3) is 3.29. The smallest absolute Gasteiger partial charge is 0.314 e. The van der Waals surface area contributed by atoms with Crippen molar-refractivity contribution in [2.45, 2.75) is 18.8 Å². The van der Waals surface area contributed by atoms with E-state index < -0.39 is 29.7 Å². The second-order valence-electron chi connectivity index (χ2n) is 6.12. The molecule has 3 rings (SSSR count). The van der Waals surface area contributed by atoms with Gasteiger partial charge in [-0.05, 0) is 43.3 Å². The molecule has 28 heavy (non-hydrogen) atoms. The van der Waals surface area contributed by atoms with Crippen molar-refractivity contribution < 1.29 is 27.6 Å². The summed E-state index contributed by atoms with van der Waals surface area (Å²) in [5.74, 6) is -2.83. The molecule has 4 amide bonds. The lowest BCUT2D eigenvalue weighted by atomic mass is 10.1. The van der Waals surface area contributed by atoms with Crippen LogP contribution in [-0.2, 0) is 4.79 Å². The SMILES string of the molecule is Cc1cccc(C(=O)N[C@]2(C(F)(F)F)NC(=O)N(c3ccc(Cl)cc3)C2=O)c1. The Morgan fingerprint density at radius 2 is 1.79 bits per heavy atom. The van der Waals surface area contributed by atoms with Crippen molar-refractivity contribution >= 4 is 35.1 Å². The van der Waals surface area contributed by atoms with Gasteiger partial charge >= 0.3 is 12.2 Å². The number of halogens is 4. The van der Waals surface area contributed by atoms with Gasteiger partial charge in [-0.3, -0.25) is 14.9 Å². The van der Waals surface area contributed by atoms with E-state index in [0.717, 1.165) is 0 Å². The molecule has 1 aliphatic heterocycles. The Balaban J connectivity index is 2.00. The number of carbonyl (C=O) groups is 3. The van der Waals surface area contributed by atoms with Crippen molar-refractivity contribution in [1.82, 2.24) is 10.6 Å². The third-order valence-electron chi connectivity index (χ3n) is 4.11. The first-order valence-corrected chi connectivity index (χ1v) is 8.31. The van der Waals surface area contributed by atoms with E-state index in [4.69, 9.17) is 11.6 Å². The molecule has 0 aliphatic carbocycles. The quantitative estimate of drug-likeness (QED) is 0.760. The summed E-state index contributed by atoms with van der Waals surface area (Å²) in [6, 6.07) is 9.54. The van der Waals surface area contributed by atoms with Gasteiger partial charge in [-0.1, -0.05) is 29.3 Å². The van der Waals surface area contributed by atoms with E-state index in [9.17, 15) is 27.6 Å². The number of alkyl halides is 3. The minimum atomic E-state index is -5.29. The molecule has 1 saturated heterocycles. The highest BCUT2D eigenvalue weighted by molar-refractivity contribution is 6.31. The van der Waals surface area contributed by atoms with E-state index >= 15 is 0 Å². The monoisotopic (exact) mass is 411 g/mol. The van der Waals surface area contributed by atoms with E-state index in [1.165, 1.54) is 42.5 Å². The summed E-state index contributed by atoms with van der Waals surface area (Å²) in [4.78, 5) is 37.6. The van der Waals surface area contributed by atoms with Gasteiger partial charge in [0.15, 0.2) is 0 Å². The molecule has 0 radical (unpaired) electrons. The molecule has 6 nitrogen and oxygen atoms in total. The summed E-state index contributed by atoms with van der Waals surface area (Å²) in [6.07, 6.45) is -5.29. The zero-order valence-electron chi connectivity index (χ0n) is 14.3. The molecule has 1 heterocycles. The van der Waals surface area contributed by atoms with Crippen LogP contribution in [0.15, 0.2) is 48.5 Å². The minimum absolute atomic E-state index is 0.0874. The zero-order valence-corrected chi connectivity index (χ0v) is 15.1. The fraction of sp³-hybridized carbons (Fsp3) is 0.167. The van der Waals surface area contributed by atoms with Gasteiger partial charge in [0.1, 0.15) is 0 Å². The Labute approximate surface area is 162 Å². The van der Waals surface area contributed by atoms with Crippen molar-refractivity contribution in [3.63, 3.8) is 0 Å². The molecule has 1 atom stereocenters. The van der Waals surface area contributed by atoms with Crippen molar-refractivity contribution in [3.8, 4) is 0 Å².